The van der Waals surface area contributed by atoms with Crippen molar-refractivity contribution in [2.24, 2.45) is 0 Å². The number of halogens is 4. The Balaban J connectivity index is 1.48. The molecule has 0 bridgehead atoms. The molecule has 0 aromatic heterocycles. The van der Waals surface area contributed by atoms with Gasteiger partial charge < -0.3 is 4.74 Å². The summed E-state index contributed by atoms with van der Waals surface area (Å²) >= 11 is 0. The normalized spacial score (nSPS) is 16.0. The maximum atomic E-state index is 14.6. The average Bonchev–Trinajstić information content (AvgIpc) is 3.16. The molecule has 4 nitrogen and oxygen atoms in total. The molecule has 0 fully saturated rings. The third kappa shape index (κ3) is 4.63. The van der Waals surface area contributed by atoms with Crippen LogP contribution in [0.2, 0.25) is 0 Å². The van der Waals surface area contributed by atoms with Crippen molar-refractivity contribution in [3.05, 3.63) is 83.2 Å². The smallest absolute Gasteiger partial charge is 0.416 e. The summed E-state index contributed by atoms with van der Waals surface area (Å²) in [7, 11) is -3.99. The Morgan fingerprint density at radius 2 is 1.66 bits per heavy atom. The van der Waals surface area contributed by atoms with Crippen LogP contribution in [0.4, 0.5) is 17.6 Å². The lowest BCUT2D eigenvalue weighted by Crippen LogP contribution is -2.23. The van der Waals surface area contributed by atoms with Gasteiger partial charge in [-0.25, -0.2) is 4.39 Å². The fourth-order valence-electron chi connectivity index (χ4n) is 3.44. The van der Waals surface area contributed by atoms with E-state index in [1.807, 2.05) is 6.92 Å². The lowest BCUT2D eigenvalue weighted by molar-refractivity contribution is -0.137. The lowest BCUT2D eigenvalue weighted by Gasteiger charge is -2.12. The number of aryl methyl sites for hydroxylation is 1. The zero-order chi connectivity index (χ0) is 23.1. The SMILES string of the molecule is Cc1ccc(S(=O)(=O)OCC2Cc3cc(-c4ccc(C(F)(F)F)cc4)cc(F)c3O2)cc1. The number of rotatable bonds is 5. The second kappa shape index (κ2) is 8.22. The lowest BCUT2D eigenvalue weighted by atomic mass is 9.99. The molecule has 1 unspecified atom stereocenters. The zero-order valence-corrected chi connectivity index (χ0v) is 17.6. The van der Waals surface area contributed by atoms with Crippen molar-refractivity contribution in [3.63, 3.8) is 0 Å². The van der Waals surface area contributed by atoms with Crippen LogP contribution in [0, 0.1) is 12.7 Å². The maximum absolute atomic E-state index is 14.6. The van der Waals surface area contributed by atoms with Crippen LogP contribution >= 0.6 is 0 Å². The summed E-state index contributed by atoms with van der Waals surface area (Å²) in [5.74, 6) is -0.691. The van der Waals surface area contributed by atoms with Crippen molar-refractivity contribution in [1.82, 2.24) is 0 Å². The van der Waals surface area contributed by atoms with E-state index in [0.717, 1.165) is 17.7 Å². The van der Waals surface area contributed by atoms with Crippen LogP contribution in [0.15, 0.2) is 65.6 Å². The molecule has 1 aliphatic rings. The Morgan fingerprint density at radius 3 is 2.28 bits per heavy atom. The van der Waals surface area contributed by atoms with Gasteiger partial charge in [-0.05, 0) is 54.4 Å². The monoisotopic (exact) mass is 466 g/mol. The Hall–Kier alpha value is -2.91. The van der Waals surface area contributed by atoms with Crippen molar-refractivity contribution in [1.29, 1.82) is 0 Å². The number of hydrogen-bond acceptors (Lipinski definition) is 4. The topological polar surface area (TPSA) is 52.6 Å². The first-order chi connectivity index (χ1) is 15.0. The number of hydrogen-bond donors (Lipinski definition) is 0. The van der Waals surface area contributed by atoms with E-state index in [4.69, 9.17) is 8.92 Å². The third-order valence-corrected chi connectivity index (χ3v) is 6.41. The van der Waals surface area contributed by atoms with Gasteiger partial charge in [-0.2, -0.15) is 21.6 Å². The van der Waals surface area contributed by atoms with Gasteiger partial charge in [0.25, 0.3) is 10.1 Å². The van der Waals surface area contributed by atoms with Gasteiger partial charge in [0.15, 0.2) is 11.6 Å². The van der Waals surface area contributed by atoms with E-state index >= 15 is 0 Å². The Kier molecular flexibility index (Phi) is 5.72. The molecule has 0 spiro atoms. The summed E-state index contributed by atoms with van der Waals surface area (Å²) < 4.78 is 88.2. The van der Waals surface area contributed by atoms with Crippen LogP contribution in [0.5, 0.6) is 5.75 Å². The predicted molar refractivity (Wildman–Crippen MR) is 109 cm³/mol. The first-order valence-electron chi connectivity index (χ1n) is 9.66. The number of alkyl halides is 3. The third-order valence-electron chi connectivity index (χ3n) is 5.12. The van der Waals surface area contributed by atoms with E-state index < -0.39 is 33.8 Å². The number of fused-ring (bicyclic) bond motifs is 1. The quantitative estimate of drug-likeness (QED) is 0.367. The highest BCUT2D eigenvalue weighted by Crippen LogP contribution is 2.37. The van der Waals surface area contributed by atoms with E-state index in [-0.39, 0.29) is 23.7 Å². The van der Waals surface area contributed by atoms with E-state index in [2.05, 4.69) is 0 Å². The number of benzene rings is 3. The van der Waals surface area contributed by atoms with Crippen molar-refractivity contribution in [2.75, 3.05) is 6.61 Å². The molecule has 168 valence electrons. The van der Waals surface area contributed by atoms with Crippen LogP contribution in [-0.4, -0.2) is 21.1 Å². The van der Waals surface area contributed by atoms with Gasteiger partial charge in [0, 0.05) is 12.0 Å². The van der Waals surface area contributed by atoms with Gasteiger partial charge >= 0.3 is 6.18 Å². The molecular weight excluding hydrogens is 448 g/mol. The fourth-order valence-corrected chi connectivity index (χ4v) is 4.37. The van der Waals surface area contributed by atoms with Gasteiger partial charge in [-0.3, -0.25) is 4.18 Å². The molecule has 0 saturated heterocycles. The minimum absolute atomic E-state index is 0.00869. The molecule has 3 aromatic carbocycles. The first-order valence-corrected chi connectivity index (χ1v) is 11.1. The number of ether oxygens (including phenoxy) is 1. The van der Waals surface area contributed by atoms with Gasteiger partial charge in [-0.15, -0.1) is 0 Å². The second-order valence-electron chi connectivity index (χ2n) is 7.52. The van der Waals surface area contributed by atoms with Crippen molar-refractivity contribution < 1.29 is 34.9 Å². The van der Waals surface area contributed by atoms with Gasteiger partial charge in [-0.1, -0.05) is 29.8 Å². The molecule has 9 heteroatoms. The average molecular weight is 466 g/mol. The highest BCUT2D eigenvalue weighted by atomic mass is 32.2. The molecule has 1 heterocycles. The highest BCUT2D eigenvalue weighted by molar-refractivity contribution is 7.86. The predicted octanol–water partition coefficient (Wildman–Crippen LogP) is 5.53. The second-order valence-corrected chi connectivity index (χ2v) is 9.13. The van der Waals surface area contributed by atoms with Crippen LogP contribution in [0.25, 0.3) is 11.1 Å². The molecule has 0 aliphatic carbocycles. The molecule has 1 atom stereocenters. The fraction of sp³-hybridized carbons (Fsp3) is 0.217. The minimum atomic E-state index is -4.46. The summed E-state index contributed by atoms with van der Waals surface area (Å²) in [5, 5.41) is 0. The van der Waals surface area contributed by atoms with Crippen molar-refractivity contribution in [2.45, 2.75) is 30.5 Å². The van der Waals surface area contributed by atoms with Gasteiger partial charge in [0.2, 0.25) is 0 Å². The summed E-state index contributed by atoms with van der Waals surface area (Å²) in [6.45, 7) is 1.52. The zero-order valence-electron chi connectivity index (χ0n) is 16.8. The van der Waals surface area contributed by atoms with E-state index in [1.165, 1.54) is 30.3 Å². The largest absolute Gasteiger partial charge is 0.484 e. The Bertz CT molecular complexity index is 1230. The molecule has 0 radical (unpaired) electrons. The van der Waals surface area contributed by atoms with Crippen molar-refractivity contribution in [3.8, 4) is 16.9 Å². The molecule has 0 amide bonds. The Morgan fingerprint density at radius 1 is 1.00 bits per heavy atom. The van der Waals surface area contributed by atoms with Gasteiger partial charge in [0.05, 0.1) is 10.5 Å². The molecule has 32 heavy (non-hydrogen) atoms. The minimum Gasteiger partial charge on any atom is -0.484 e. The van der Waals surface area contributed by atoms with Crippen LogP contribution < -0.4 is 4.74 Å². The van der Waals surface area contributed by atoms with Crippen LogP contribution in [-0.2, 0) is 26.9 Å². The molecule has 0 saturated carbocycles. The first kappa shape index (κ1) is 22.3. The molecule has 3 aromatic rings. The maximum Gasteiger partial charge on any atom is 0.416 e. The van der Waals surface area contributed by atoms with E-state index in [1.54, 1.807) is 18.2 Å². The van der Waals surface area contributed by atoms with Crippen LogP contribution in [0.3, 0.4) is 0 Å². The standard InChI is InChI=1S/C23H18F4O4S/c1-14-2-8-20(9-3-14)32(28,29)30-13-19-11-17-10-16(12-21(24)22(17)31-19)15-4-6-18(7-5-15)23(25,26)27/h2-10,12,19H,11,13H2,1H3. The molecule has 0 N–H and O–H groups in total. The van der Waals surface area contributed by atoms with E-state index in [0.29, 0.717) is 16.7 Å². The summed E-state index contributed by atoms with van der Waals surface area (Å²) in [6.07, 6.45) is -4.98. The Labute approximate surface area is 182 Å². The molecule has 1 aliphatic heterocycles. The van der Waals surface area contributed by atoms with E-state index in [9.17, 15) is 26.0 Å². The summed E-state index contributed by atoms with van der Waals surface area (Å²) in [6, 6.07) is 13.4. The van der Waals surface area contributed by atoms with Gasteiger partial charge in [0.1, 0.15) is 12.7 Å². The van der Waals surface area contributed by atoms with Crippen LogP contribution in [0.1, 0.15) is 16.7 Å². The highest BCUT2D eigenvalue weighted by Gasteiger charge is 2.31. The molecule has 4 rings (SSSR count). The van der Waals surface area contributed by atoms with Crippen molar-refractivity contribution >= 4 is 10.1 Å². The summed E-state index contributed by atoms with van der Waals surface area (Å²) in [4.78, 5) is 0.00869. The molecular formula is C23H18F4O4S. The summed E-state index contributed by atoms with van der Waals surface area (Å²) in [5.41, 5.74) is 1.41.